The molecule has 1 amide bonds. The minimum absolute atomic E-state index is 0. The summed E-state index contributed by atoms with van der Waals surface area (Å²) in [4.78, 5) is 15.2. The van der Waals surface area contributed by atoms with E-state index in [1.807, 2.05) is 39.9 Å². The van der Waals surface area contributed by atoms with E-state index >= 15 is 0 Å². The Morgan fingerprint density at radius 3 is 2.66 bits per heavy atom. The Balaban J connectivity index is 0.00000289. The number of nitrogens with zero attached hydrogens (tertiary/aromatic N) is 2. The fourth-order valence-corrected chi connectivity index (χ4v) is 4.51. The summed E-state index contributed by atoms with van der Waals surface area (Å²) in [6.07, 6.45) is 3.31. The molecule has 1 aromatic heterocycles. The number of halogens is 2. The summed E-state index contributed by atoms with van der Waals surface area (Å²) in [5.41, 5.74) is 15.7. The predicted octanol–water partition coefficient (Wildman–Crippen LogP) is 3.91. The van der Waals surface area contributed by atoms with Gasteiger partial charge in [-0.05, 0) is 48.1 Å². The number of piperidine rings is 1. The van der Waals surface area contributed by atoms with Crippen molar-refractivity contribution in [1.82, 2.24) is 9.47 Å². The molecule has 6 nitrogen and oxygen atoms in total. The molecule has 1 fully saturated rings. The van der Waals surface area contributed by atoms with Gasteiger partial charge in [-0.2, -0.15) is 0 Å². The molecule has 0 saturated carbocycles. The summed E-state index contributed by atoms with van der Waals surface area (Å²) in [6.45, 7) is 2.73. The van der Waals surface area contributed by atoms with Crippen LogP contribution in [0.3, 0.4) is 0 Å². The van der Waals surface area contributed by atoms with Crippen molar-refractivity contribution in [2.75, 3.05) is 32.5 Å². The highest BCUT2D eigenvalue weighted by Gasteiger charge is 2.28. The number of methoxy groups -OCH3 is 1. The molecule has 3 aromatic rings. The van der Waals surface area contributed by atoms with Gasteiger partial charge in [0.15, 0.2) is 0 Å². The molecule has 2 heterocycles. The van der Waals surface area contributed by atoms with E-state index in [1.54, 1.807) is 13.2 Å². The van der Waals surface area contributed by atoms with Crippen LogP contribution in [0.25, 0.3) is 10.9 Å². The van der Waals surface area contributed by atoms with Crippen molar-refractivity contribution in [3.8, 4) is 0 Å². The van der Waals surface area contributed by atoms with Gasteiger partial charge >= 0.3 is 0 Å². The van der Waals surface area contributed by atoms with Crippen LogP contribution in [0.5, 0.6) is 0 Å². The Morgan fingerprint density at radius 1 is 1.22 bits per heavy atom. The number of hydrogen-bond donors (Lipinski definition) is 2. The number of amides is 1. The molecule has 1 aliphatic rings. The van der Waals surface area contributed by atoms with Crippen LogP contribution in [0.2, 0.25) is 0 Å². The van der Waals surface area contributed by atoms with Crippen LogP contribution in [0.4, 0.5) is 10.1 Å². The van der Waals surface area contributed by atoms with Crippen molar-refractivity contribution in [3.63, 3.8) is 0 Å². The predicted molar refractivity (Wildman–Crippen MR) is 128 cm³/mol. The van der Waals surface area contributed by atoms with Crippen LogP contribution >= 0.6 is 12.4 Å². The summed E-state index contributed by atoms with van der Waals surface area (Å²) in [5.74, 6) is -0.145. The molecule has 2 aromatic carbocycles. The van der Waals surface area contributed by atoms with Crippen LogP contribution in [-0.4, -0.2) is 42.2 Å². The third-order valence-corrected chi connectivity index (χ3v) is 6.22. The minimum Gasteiger partial charge on any atom is -0.398 e. The zero-order valence-corrected chi connectivity index (χ0v) is 19.0. The van der Waals surface area contributed by atoms with Gasteiger partial charge < -0.3 is 25.7 Å². The van der Waals surface area contributed by atoms with E-state index in [0.29, 0.717) is 62.4 Å². The van der Waals surface area contributed by atoms with E-state index in [9.17, 15) is 9.18 Å². The highest BCUT2D eigenvalue weighted by molar-refractivity contribution is 6.11. The lowest BCUT2D eigenvalue weighted by Gasteiger charge is -2.32. The molecule has 4 rings (SSSR count). The van der Waals surface area contributed by atoms with Crippen LogP contribution in [-0.2, 0) is 17.8 Å². The van der Waals surface area contributed by atoms with Gasteiger partial charge in [0, 0.05) is 50.6 Å². The lowest BCUT2D eigenvalue weighted by molar-refractivity contribution is 0.0714. The molecule has 0 atom stereocenters. The number of aromatic nitrogens is 1. The fraction of sp³-hybridized carbons (Fsp3) is 0.375. The molecule has 4 N–H and O–H groups in total. The summed E-state index contributed by atoms with van der Waals surface area (Å²) >= 11 is 0. The molecule has 8 heteroatoms. The maximum Gasteiger partial charge on any atom is 0.256 e. The smallest absolute Gasteiger partial charge is 0.256 e. The van der Waals surface area contributed by atoms with Crippen LogP contribution in [0, 0.1) is 5.82 Å². The Morgan fingerprint density at radius 2 is 1.97 bits per heavy atom. The average molecular weight is 461 g/mol. The number of likely N-dealkylation sites (tertiary alicyclic amines) is 1. The van der Waals surface area contributed by atoms with E-state index in [4.69, 9.17) is 16.2 Å². The Hall–Kier alpha value is -2.61. The molecular weight excluding hydrogens is 431 g/mol. The molecular formula is C24H30ClFN4O2. The van der Waals surface area contributed by atoms with Gasteiger partial charge in [0.1, 0.15) is 5.82 Å². The number of nitrogens with two attached hydrogens (primary N) is 2. The molecule has 0 bridgehead atoms. The first-order chi connectivity index (χ1) is 15.0. The van der Waals surface area contributed by atoms with Crippen molar-refractivity contribution in [2.24, 2.45) is 5.73 Å². The Labute approximate surface area is 193 Å². The zero-order valence-electron chi connectivity index (χ0n) is 18.2. The topological polar surface area (TPSA) is 86.5 Å². The van der Waals surface area contributed by atoms with Crippen molar-refractivity contribution in [1.29, 1.82) is 0 Å². The fourth-order valence-electron chi connectivity index (χ4n) is 4.51. The number of nitrogen functional groups attached to an aromatic ring is 1. The van der Waals surface area contributed by atoms with E-state index < -0.39 is 0 Å². The first-order valence-corrected chi connectivity index (χ1v) is 10.7. The summed E-state index contributed by atoms with van der Waals surface area (Å²) in [5, 5.41) is 0.785. The number of fused-ring (bicyclic) bond motifs is 1. The second kappa shape index (κ2) is 10.3. The Kier molecular flexibility index (Phi) is 7.77. The maximum absolute atomic E-state index is 14.4. The molecule has 0 spiro atoms. The molecule has 172 valence electrons. The van der Waals surface area contributed by atoms with E-state index in [2.05, 4.69) is 0 Å². The number of anilines is 1. The third kappa shape index (κ3) is 4.60. The van der Waals surface area contributed by atoms with Gasteiger partial charge in [-0.25, -0.2) is 4.39 Å². The molecule has 0 unspecified atom stereocenters. The van der Waals surface area contributed by atoms with Gasteiger partial charge in [0.25, 0.3) is 5.91 Å². The molecule has 1 aliphatic heterocycles. The van der Waals surface area contributed by atoms with E-state index in [1.165, 1.54) is 6.07 Å². The maximum atomic E-state index is 14.4. The standard InChI is InChI=1S/C24H29FN4O2.ClH/c1-31-12-11-29-15-19(23-21(27)3-2-4-22(23)29)24(30)28-9-7-17(8-10-28)18-13-16(14-26)5-6-20(18)25;/h2-6,13,15,17H,7-12,14,26-27H2,1H3;1H. The average Bonchev–Trinajstić information content (AvgIpc) is 3.17. The molecule has 0 aliphatic carbocycles. The van der Waals surface area contributed by atoms with Crippen molar-refractivity contribution in [3.05, 3.63) is 65.1 Å². The van der Waals surface area contributed by atoms with Crippen LogP contribution in [0.1, 0.15) is 40.2 Å². The molecule has 0 radical (unpaired) electrons. The minimum atomic E-state index is -0.198. The van der Waals surface area contributed by atoms with Crippen LogP contribution < -0.4 is 11.5 Å². The number of rotatable bonds is 6. The SMILES string of the molecule is COCCn1cc(C(=O)N2CCC(c3cc(CN)ccc3F)CC2)c2c(N)cccc21.Cl. The number of ether oxygens (including phenoxy) is 1. The normalized spacial score (nSPS) is 14.5. The summed E-state index contributed by atoms with van der Waals surface area (Å²) in [7, 11) is 1.66. The number of carbonyl (C=O) groups excluding carboxylic acids is 1. The van der Waals surface area contributed by atoms with Gasteiger partial charge in [0.2, 0.25) is 0 Å². The van der Waals surface area contributed by atoms with Crippen LogP contribution in [0.15, 0.2) is 42.6 Å². The monoisotopic (exact) mass is 460 g/mol. The van der Waals surface area contributed by atoms with E-state index in [0.717, 1.165) is 16.5 Å². The van der Waals surface area contributed by atoms with Crippen molar-refractivity contribution >= 4 is 34.9 Å². The quantitative estimate of drug-likeness (QED) is 0.546. The highest BCUT2D eigenvalue weighted by Crippen LogP contribution is 2.33. The first kappa shape index (κ1) is 24.0. The first-order valence-electron chi connectivity index (χ1n) is 10.7. The molecule has 32 heavy (non-hydrogen) atoms. The highest BCUT2D eigenvalue weighted by atomic mass is 35.5. The summed E-state index contributed by atoms with van der Waals surface area (Å²) in [6, 6.07) is 10.8. The molecule has 1 saturated heterocycles. The second-order valence-electron chi connectivity index (χ2n) is 8.10. The van der Waals surface area contributed by atoms with E-state index in [-0.39, 0.29) is 30.0 Å². The number of carbonyl (C=O) groups is 1. The third-order valence-electron chi connectivity index (χ3n) is 6.22. The van der Waals surface area contributed by atoms with Gasteiger partial charge in [-0.1, -0.05) is 18.2 Å². The second-order valence-corrected chi connectivity index (χ2v) is 8.10. The lowest BCUT2D eigenvalue weighted by atomic mass is 9.88. The Bertz CT molecular complexity index is 1090. The van der Waals surface area contributed by atoms with Crippen molar-refractivity contribution < 1.29 is 13.9 Å². The summed E-state index contributed by atoms with van der Waals surface area (Å²) < 4.78 is 21.6. The van der Waals surface area contributed by atoms with Crippen molar-refractivity contribution in [2.45, 2.75) is 31.8 Å². The number of benzene rings is 2. The zero-order chi connectivity index (χ0) is 22.0. The van der Waals surface area contributed by atoms with Gasteiger partial charge in [0.05, 0.1) is 17.7 Å². The lowest BCUT2D eigenvalue weighted by Crippen LogP contribution is -2.38. The largest absolute Gasteiger partial charge is 0.398 e. The van der Waals surface area contributed by atoms with Gasteiger partial charge in [-0.3, -0.25) is 4.79 Å². The number of hydrogen-bond acceptors (Lipinski definition) is 4. The van der Waals surface area contributed by atoms with Gasteiger partial charge in [-0.15, -0.1) is 12.4 Å².